The first-order chi connectivity index (χ1) is 7.43. The molecule has 16 heavy (non-hydrogen) atoms. The molecule has 0 aliphatic carbocycles. The summed E-state index contributed by atoms with van der Waals surface area (Å²) in [5, 5.41) is 8.83. The van der Waals surface area contributed by atoms with Gasteiger partial charge in [0.05, 0.1) is 5.56 Å². The van der Waals surface area contributed by atoms with Gasteiger partial charge in [-0.15, -0.1) is 0 Å². The summed E-state index contributed by atoms with van der Waals surface area (Å²) in [6, 6.07) is 4.57. The van der Waals surface area contributed by atoms with Crippen LogP contribution in [-0.2, 0) is 15.5 Å². The molecule has 4 nitrogen and oxygen atoms in total. The third-order valence-corrected chi connectivity index (χ3v) is 3.48. The summed E-state index contributed by atoms with van der Waals surface area (Å²) in [6.45, 7) is 1.83. The van der Waals surface area contributed by atoms with Crippen LogP contribution in [0.25, 0.3) is 0 Å². The normalized spacial score (nSPS) is 10.8. The van der Waals surface area contributed by atoms with Crippen LogP contribution in [0, 0.1) is 11.3 Å². The van der Waals surface area contributed by atoms with Gasteiger partial charge in [-0.1, -0.05) is 6.92 Å². The molecule has 0 saturated carbocycles. The molecule has 0 bridgehead atoms. The number of carbonyl (C=O) groups is 1. The molecule has 0 spiro atoms. The third kappa shape index (κ3) is 2.40. The Hall–Kier alpha value is -1.38. The number of benzene rings is 1. The molecule has 0 saturated heterocycles. The lowest BCUT2D eigenvalue weighted by Crippen LogP contribution is -2.02. The van der Waals surface area contributed by atoms with E-state index in [-0.39, 0.29) is 11.1 Å². The van der Waals surface area contributed by atoms with Crippen LogP contribution < -0.4 is 0 Å². The summed E-state index contributed by atoms with van der Waals surface area (Å²) in [5.74, 6) is 0. The minimum atomic E-state index is -4.09. The molecule has 0 N–H and O–H groups in total. The first kappa shape index (κ1) is 12.7. The number of nitrogens with zero attached hydrogens (tertiary/aromatic N) is 1. The Labute approximate surface area is 97.9 Å². The maximum absolute atomic E-state index is 11.2. The zero-order valence-electron chi connectivity index (χ0n) is 8.40. The molecule has 0 radical (unpaired) electrons. The topological polar surface area (TPSA) is 75.0 Å². The highest BCUT2D eigenvalue weighted by atomic mass is 35.7. The first-order valence-corrected chi connectivity index (χ1v) is 6.71. The van der Waals surface area contributed by atoms with E-state index in [2.05, 4.69) is 0 Å². The van der Waals surface area contributed by atoms with Crippen LogP contribution in [0.5, 0.6) is 0 Å². The van der Waals surface area contributed by atoms with Crippen LogP contribution in [0.3, 0.4) is 0 Å². The van der Waals surface area contributed by atoms with Gasteiger partial charge in [-0.3, -0.25) is 4.79 Å². The fourth-order valence-corrected chi connectivity index (χ4v) is 2.63. The van der Waals surface area contributed by atoms with Crippen LogP contribution in [-0.4, -0.2) is 14.7 Å². The van der Waals surface area contributed by atoms with Crippen molar-refractivity contribution < 1.29 is 13.2 Å². The monoisotopic (exact) mass is 257 g/mol. The van der Waals surface area contributed by atoms with Gasteiger partial charge in [0.2, 0.25) is 0 Å². The summed E-state index contributed by atoms with van der Waals surface area (Å²) < 4.78 is 22.5. The molecule has 84 valence electrons. The van der Waals surface area contributed by atoms with Crippen molar-refractivity contribution in [2.75, 3.05) is 0 Å². The zero-order valence-corrected chi connectivity index (χ0v) is 9.97. The van der Waals surface area contributed by atoms with E-state index in [9.17, 15) is 13.2 Å². The van der Waals surface area contributed by atoms with Crippen molar-refractivity contribution in [1.29, 1.82) is 5.26 Å². The standard InChI is InChI=1S/C10H8ClNO3S/c1-2-7-3-8(5-12)10(16(11,14)15)9(4-7)6-13/h3-4,6H,2H2,1H3. The van der Waals surface area contributed by atoms with Gasteiger partial charge in [0.15, 0.2) is 6.29 Å². The van der Waals surface area contributed by atoms with E-state index in [0.717, 1.165) is 0 Å². The summed E-state index contributed by atoms with van der Waals surface area (Å²) in [4.78, 5) is 10.4. The largest absolute Gasteiger partial charge is 0.298 e. The predicted molar refractivity (Wildman–Crippen MR) is 59.0 cm³/mol. The lowest BCUT2D eigenvalue weighted by atomic mass is 10.1. The quantitative estimate of drug-likeness (QED) is 0.612. The molecule has 0 atom stereocenters. The molecule has 1 aromatic carbocycles. The number of hydrogen-bond donors (Lipinski definition) is 0. The first-order valence-electron chi connectivity index (χ1n) is 4.41. The Bertz CT molecular complexity index is 572. The van der Waals surface area contributed by atoms with Gasteiger partial charge >= 0.3 is 0 Å². The van der Waals surface area contributed by atoms with Gasteiger partial charge in [0.25, 0.3) is 9.05 Å². The van der Waals surface area contributed by atoms with Gasteiger partial charge in [-0.2, -0.15) is 5.26 Å². The number of carbonyl (C=O) groups excluding carboxylic acids is 1. The Morgan fingerprint density at radius 2 is 2.12 bits per heavy atom. The summed E-state index contributed by atoms with van der Waals surface area (Å²) in [7, 11) is 1.09. The van der Waals surface area contributed by atoms with Crippen molar-refractivity contribution in [3.8, 4) is 6.07 Å². The second-order valence-electron chi connectivity index (χ2n) is 3.08. The maximum Gasteiger partial charge on any atom is 0.263 e. The Morgan fingerprint density at radius 3 is 2.50 bits per heavy atom. The van der Waals surface area contributed by atoms with Crippen molar-refractivity contribution in [2.45, 2.75) is 18.2 Å². The lowest BCUT2D eigenvalue weighted by molar-refractivity contribution is 0.112. The van der Waals surface area contributed by atoms with Crippen LogP contribution >= 0.6 is 10.7 Å². The van der Waals surface area contributed by atoms with E-state index >= 15 is 0 Å². The fourth-order valence-electron chi connectivity index (χ4n) is 1.36. The van der Waals surface area contributed by atoms with E-state index in [1.165, 1.54) is 12.1 Å². The molecule has 0 unspecified atom stereocenters. The molecule has 0 aromatic heterocycles. The number of aldehydes is 1. The van der Waals surface area contributed by atoms with Crippen molar-refractivity contribution in [2.24, 2.45) is 0 Å². The molecule has 1 aromatic rings. The maximum atomic E-state index is 11.2. The van der Waals surface area contributed by atoms with Gasteiger partial charge in [-0.05, 0) is 24.1 Å². The highest BCUT2D eigenvalue weighted by molar-refractivity contribution is 8.13. The fraction of sp³-hybridized carbons (Fsp3) is 0.200. The highest BCUT2D eigenvalue weighted by Crippen LogP contribution is 2.25. The summed E-state index contributed by atoms with van der Waals surface area (Å²) in [5.41, 5.74) is 0.532. The van der Waals surface area contributed by atoms with Crippen LogP contribution in [0.4, 0.5) is 0 Å². The van der Waals surface area contributed by atoms with Crippen molar-refractivity contribution in [3.05, 3.63) is 28.8 Å². The summed E-state index contributed by atoms with van der Waals surface area (Å²) >= 11 is 0. The molecule has 0 amide bonds. The van der Waals surface area contributed by atoms with Crippen molar-refractivity contribution in [3.63, 3.8) is 0 Å². The van der Waals surface area contributed by atoms with Crippen molar-refractivity contribution in [1.82, 2.24) is 0 Å². The Balaban J connectivity index is 3.72. The van der Waals surface area contributed by atoms with Crippen molar-refractivity contribution >= 4 is 26.0 Å². The zero-order chi connectivity index (χ0) is 12.3. The lowest BCUT2D eigenvalue weighted by Gasteiger charge is -2.06. The second kappa shape index (κ2) is 4.64. The van der Waals surface area contributed by atoms with Gasteiger partial charge in [0.1, 0.15) is 11.0 Å². The minimum absolute atomic E-state index is 0.0779. The molecule has 1 rings (SSSR count). The second-order valence-corrected chi connectivity index (χ2v) is 5.59. The number of rotatable bonds is 3. The Morgan fingerprint density at radius 1 is 1.50 bits per heavy atom. The van der Waals surface area contributed by atoms with E-state index in [4.69, 9.17) is 15.9 Å². The van der Waals surface area contributed by atoms with Crippen LogP contribution in [0.2, 0.25) is 0 Å². The molecular weight excluding hydrogens is 250 g/mol. The molecule has 6 heteroatoms. The average Bonchev–Trinajstić information content (AvgIpc) is 2.25. The number of aryl methyl sites for hydroxylation is 1. The number of halogens is 1. The van der Waals surface area contributed by atoms with Crippen LogP contribution in [0.15, 0.2) is 17.0 Å². The molecule has 0 heterocycles. The highest BCUT2D eigenvalue weighted by Gasteiger charge is 2.21. The van der Waals surface area contributed by atoms with Gasteiger partial charge < -0.3 is 0 Å². The Kier molecular flexibility index (Phi) is 3.68. The average molecular weight is 258 g/mol. The smallest absolute Gasteiger partial charge is 0.263 e. The number of hydrogen-bond acceptors (Lipinski definition) is 4. The van der Waals surface area contributed by atoms with Gasteiger partial charge in [0, 0.05) is 16.2 Å². The SMILES string of the molecule is CCc1cc(C#N)c(S(=O)(=O)Cl)c(C=O)c1. The van der Waals surface area contributed by atoms with Gasteiger partial charge in [-0.25, -0.2) is 8.42 Å². The predicted octanol–water partition coefficient (Wildman–Crippen LogP) is 1.86. The minimum Gasteiger partial charge on any atom is -0.298 e. The molecular formula is C10H8ClNO3S. The molecule has 0 fully saturated rings. The van der Waals surface area contributed by atoms with E-state index < -0.39 is 13.9 Å². The van der Waals surface area contributed by atoms with Crippen LogP contribution in [0.1, 0.15) is 28.4 Å². The third-order valence-electron chi connectivity index (χ3n) is 2.08. The molecule has 0 aliphatic rings. The summed E-state index contributed by atoms with van der Waals surface area (Å²) in [6.07, 6.45) is 0.980. The van der Waals surface area contributed by atoms with E-state index in [1.807, 2.05) is 6.92 Å². The van der Waals surface area contributed by atoms with E-state index in [0.29, 0.717) is 18.3 Å². The van der Waals surface area contributed by atoms with E-state index in [1.54, 1.807) is 6.07 Å². The number of nitriles is 1. The molecule has 0 aliphatic heterocycles.